The minimum absolute atomic E-state index is 0. The van der Waals surface area contributed by atoms with Crippen molar-refractivity contribution in [2.45, 2.75) is 13.0 Å². The first-order valence-corrected chi connectivity index (χ1v) is 8.47. The van der Waals surface area contributed by atoms with Crippen molar-refractivity contribution < 1.29 is 9.47 Å². The quantitative estimate of drug-likeness (QED) is 0.332. The molecule has 0 aromatic heterocycles. The van der Waals surface area contributed by atoms with Crippen LogP contribution in [0.15, 0.2) is 41.4 Å². The summed E-state index contributed by atoms with van der Waals surface area (Å²) in [6.07, 6.45) is 0.776. The molecule has 0 aliphatic heterocycles. The van der Waals surface area contributed by atoms with Crippen LogP contribution in [-0.2, 0) is 13.0 Å². The normalized spacial score (nSPS) is 10.8. The minimum Gasteiger partial charge on any atom is -0.493 e. The van der Waals surface area contributed by atoms with Crippen molar-refractivity contribution in [3.8, 4) is 11.5 Å². The Morgan fingerprint density at radius 1 is 1.08 bits per heavy atom. The molecule has 0 saturated heterocycles. The molecule has 0 aliphatic carbocycles. The van der Waals surface area contributed by atoms with E-state index in [1.54, 1.807) is 26.4 Å². The molecule has 0 unspecified atom stereocenters. The van der Waals surface area contributed by atoms with Crippen LogP contribution >= 0.6 is 47.2 Å². The number of hydrogen-bond acceptors (Lipinski definition) is 3. The number of nitrogens with one attached hydrogen (secondary N) is 1. The van der Waals surface area contributed by atoms with E-state index >= 15 is 0 Å². The lowest BCUT2D eigenvalue weighted by Gasteiger charge is -2.10. The Bertz CT molecular complexity index is 757. The first kappa shape index (κ1) is 22.7. The van der Waals surface area contributed by atoms with Gasteiger partial charge >= 0.3 is 0 Å². The number of rotatable bonds is 7. The lowest BCUT2D eigenvalue weighted by molar-refractivity contribution is 0.354. The summed E-state index contributed by atoms with van der Waals surface area (Å²) in [6.45, 7) is 1.05. The number of benzene rings is 2. The van der Waals surface area contributed by atoms with E-state index in [2.05, 4.69) is 10.3 Å². The van der Waals surface area contributed by atoms with Crippen LogP contribution in [0.25, 0.3) is 0 Å². The zero-order valence-electron chi connectivity index (χ0n) is 14.6. The fourth-order valence-corrected chi connectivity index (χ4v) is 2.72. The van der Waals surface area contributed by atoms with Crippen molar-refractivity contribution in [1.29, 1.82) is 0 Å². The fourth-order valence-electron chi connectivity index (χ4n) is 2.25. The van der Waals surface area contributed by atoms with Crippen LogP contribution in [0.3, 0.4) is 0 Å². The second kappa shape index (κ2) is 11.4. The van der Waals surface area contributed by atoms with Crippen LogP contribution < -0.4 is 20.5 Å². The number of hydrogen-bond donors (Lipinski definition) is 2. The molecule has 0 spiro atoms. The smallest absolute Gasteiger partial charge is 0.188 e. The first-order valence-electron chi connectivity index (χ1n) is 7.72. The Kier molecular flexibility index (Phi) is 9.90. The molecule has 0 radical (unpaired) electrons. The summed E-state index contributed by atoms with van der Waals surface area (Å²) in [5.74, 6) is 1.78. The van der Waals surface area contributed by atoms with Crippen LogP contribution in [-0.4, -0.2) is 26.7 Å². The number of aliphatic imine (C=N–C) groups is 1. The third-order valence-corrected chi connectivity index (χ3v) is 4.19. The Balaban J connectivity index is 0.00000338. The van der Waals surface area contributed by atoms with Gasteiger partial charge in [0.25, 0.3) is 0 Å². The van der Waals surface area contributed by atoms with Crippen LogP contribution in [0.4, 0.5) is 0 Å². The highest BCUT2D eigenvalue weighted by atomic mass is 127. The third-order valence-electron chi connectivity index (χ3n) is 3.60. The Morgan fingerprint density at radius 3 is 2.46 bits per heavy atom. The van der Waals surface area contributed by atoms with E-state index in [4.69, 9.17) is 38.4 Å². The molecule has 0 atom stereocenters. The Labute approximate surface area is 180 Å². The van der Waals surface area contributed by atoms with Crippen molar-refractivity contribution in [3.05, 3.63) is 57.6 Å². The van der Waals surface area contributed by atoms with Crippen molar-refractivity contribution in [2.75, 3.05) is 20.8 Å². The lowest BCUT2D eigenvalue weighted by atomic mass is 10.1. The first-order chi connectivity index (χ1) is 12.0. The van der Waals surface area contributed by atoms with Gasteiger partial charge in [0.2, 0.25) is 0 Å². The number of nitrogens with zero attached hydrogens (tertiary/aromatic N) is 1. The summed E-state index contributed by atoms with van der Waals surface area (Å²) in [6, 6.07) is 11.1. The molecular weight excluding hydrogens is 488 g/mol. The van der Waals surface area contributed by atoms with E-state index in [-0.39, 0.29) is 24.0 Å². The van der Waals surface area contributed by atoms with E-state index in [9.17, 15) is 0 Å². The van der Waals surface area contributed by atoms with Crippen molar-refractivity contribution in [2.24, 2.45) is 10.7 Å². The molecule has 0 heterocycles. The molecule has 8 heteroatoms. The van der Waals surface area contributed by atoms with Gasteiger partial charge < -0.3 is 20.5 Å². The maximum absolute atomic E-state index is 6.11. The second-order valence-corrected chi connectivity index (χ2v) is 6.15. The zero-order chi connectivity index (χ0) is 18.2. The maximum atomic E-state index is 6.11. The van der Waals surface area contributed by atoms with E-state index in [1.807, 2.05) is 24.3 Å². The molecule has 0 amide bonds. The average molecular weight is 510 g/mol. The summed E-state index contributed by atoms with van der Waals surface area (Å²) in [5, 5.41) is 4.26. The third kappa shape index (κ3) is 6.74. The average Bonchev–Trinajstić information content (AvgIpc) is 2.60. The molecule has 3 N–H and O–H groups in total. The van der Waals surface area contributed by atoms with Gasteiger partial charge in [-0.3, -0.25) is 0 Å². The predicted octanol–water partition coefficient (Wildman–Crippen LogP) is 4.28. The van der Waals surface area contributed by atoms with Gasteiger partial charge in [0, 0.05) is 16.6 Å². The van der Waals surface area contributed by atoms with Crippen molar-refractivity contribution >= 4 is 53.1 Å². The summed E-state index contributed by atoms with van der Waals surface area (Å²) in [4.78, 5) is 4.29. The molecule has 2 aromatic carbocycles. The summed E-state index contributed by atoms with van der Waals surface area (Å²) < 4.78 is 10.5. The number of guanidine groups is 1. The number of methoxy groups -OCH3 is 2. The maximum Gasteiger partial charge on any atom is 0.188 e. The monoisotopic (exact) mass is 509 g/mol. The second-order valence-electron chi connectivity index (χ2n) is 5.30. The number of nitrogens with two attached hydrogens (primary N) is 1. The predicted molar refractivity (Wildman–Crippen MR) is 118 cm³/mol. The van der Waals surface area contributed by atoms with E-state index < -0.39 is 0 Å². The standard InChI is InChI=1S/C18H21Cl2N3O2.HI/c1-24-16-6-3-12(9-17(16)25-2)7-8-22-18(21)23-11-13-4-5-14(19)10-15(13)20;/h3-6,9-10H,7-8,11H2,1-2H3,(H3,21,22,23);1H. The fraction of sp³-hybridized carbons (Fsp3) is 0.278. The van der Waals surface area contributed by atoms with Crippen molar-refractivity contribution in [3.63, 3.8) is 0 Å². The van der Waals surface area contributed by atoms with Gasteiger partial charge in [-0.05, 0) is 41.8 Å². The molecule has 0 bridgehead atoms. The summed E-state index contributed by atoms with van der Waals surface area (Å²) in [7, 11) is 3.23. The topological polar surface area (TPSA) is 68.9 Å². The van der Waals surface area contributed by atoms with Crippen LogP contribution in [0.2, 0.25) is 10.0 Å². The van der Waals surface area contributed by atoms with E-state index in [0.717, 1.165) is 17.5 Å². The molecular formula is C18H22Cl2IN3O2. The SMILES string of the molecule is COc1ccc(CCNC(N)=NCc2ccc(Cl)cc2Cl)cc1OC.I. The lowest BCUT2D eigenvalue weighted by Crippen LogP contribution is -2.33. The highest BCUT2D eigenvalue weighted by molar-refractivity contribution is 14.0. The van der Waals surface area contributed by atoms with Gasteiger partial charge in [-0.1, -0.05) is 35.3 Å². The molecule has 0 fully saturated rings. The van der Waals surface area contributed by atoms with Gasteiger partial charge in [0.1, 0.15) is 0 Å². The molecule has 0 saturated carbocycles. The van der Waals surface area contributed by atoms with E-state index in [1.165, 1.54) is 0 Å². The molecule has 5 nitrogen and oxygen atoms in total. The van der Waals surface area contributed by atoms with Crippen LogP contribution in [0.5, 0.6) is 11.5 Å². The number of ether oxygens (including phenoxy) is 2. The number of halogens is 3. The largest absolute Gasteiger partial charge is 0.493 e. The summed E-state index contributed by atoms with van der Waals surface area (Å²) in [5.41, 5.74) is 7.87. The van der Waals surface area contributed by atoms with Crippen LogP contribution in [0.1, 0.15) is 11.1 Å². The minimum atomic E-state index is 0. The van der Waals surface area contributed by atoms with Crippen LogP contribution in [0, 0.1) is 0 Å². The summed E-state index contributed by atoms with van der Waals surface area (Å²) >= 11 is 12.0. The Morgan fingerprint density at radius 2 is 1.81 bits per heavy atom. The van der Waals surface area contributed by atoms with E-state index in [0.29, 0.717) is 40.6 Å². The zero-order valence-corrected chi connectivity index (χ0v) is 18.4. The van der Waals surface area contributed by atoms with Crippen molar-refractivity contribution in [1.82, 2.24) is 5.32 Å². The van der Waals surface area contributed by atoms with Gasteiger partial charge in [-0.25, -0.2) is 4.99 Å². The Hall–Kier alpha value is -1.38. The molecule has 142 valence electrons. The van der Waals surface area contributed by atoms with Gasteiger partial charge in [-0.2, -0.15) is 0 Å². The van der Waals surface area contributed by atoms with Gasteiger partial charge in [0.15, 0.2) is 17.5 Å². The molecule has 26 heavy (non-hydrogen) atoms. The molecule has 2 rings (SSSR count). The highest BCUT2D eigenvalue weighted by Gasteiger charge is 2.05. The van der Waals surface area contributed by atoms with Gasteiger partial charge in [0.05, 0.1) is 20.8 Å². The highest BCUT2D eigenvalue weighted by Crippen LogP contribution is 2.27. The molecule has 2 aromatic rings. The molecule has 0 aliphatic rings. The van der Waals surface area contributed by atoms with Gasteiger partial charge in [-0.15, -0.1) is 24.0 Å².